The van der Waals surface area contributed by atoms with E-state index in [-0.39, 0.29) is 0 Å². The lowest BCUT2D eigenvalue weighted by molar-refractivity contribution is -0.132. The molecule has 0 aromatic carbocycles. The standard InChI is InChI=1S/C5H9FO4/c6-3-2(1-7)10-5(9)4(3)8/h2-5,7-9H,1H2/t2-,3-,4-,5?/m1/s1. The lowest BCUT2D eigenvalue weighted by atomic mass is 10.2. The van der Waals surface area contributed by atoms with Gasteiger partial charge < -0.3 is 20.1 Å². The lowest BCUT2D eigenvalue weighted by Crippen LogP contribution is -2.29. The average Bonchev–Trinajstić information content (AvgIpc) is 2.17. The predicted octanol–water partition coefficient (Wildman–Crippen LogP) is -1.61. The number of aliphatic hydroxyl groups excluding tert-OH is 3. The maximum absolute atomic E-state index is 12.5. The Morgan fingerprint density at radius 2 is 2.00 bits per heavy atom. The molecule has 4 atom stereocenters. The summed E-state index contributed by atoms with van der Waals surface area (Å²) < 4.78 is 17.0. The van der Waals surface area contributed by atoms with Crippen LogP contribution in [0.1, 0.15) is 0 Å². The van der Waals surface area contributed by atoms with Crippen molar-refractivity contribution in [2.24, 2.45) is 0 Å². The summed E-state index contributed by atoms with van der Waals surface area (Å²) >= 11 is 0. The first-order valence-corrected chi connectivity index (χ1v) is 2.93. The van der Waals surface area contributed by atoms with Gasteiger partial charge in [-0.25, -0.2) is 4.39 Å². The first-order valence-electron chi connectivity index (χ1n) is 2.93. The predicted molar refractivity (Wildman–Crippen MR) is 28.9 cm³/mol. The van der Waals surface area contributed by atoms with E-state index in [0.29, 0.717) is 0 Å². The molecule has 0 radical (unpaired) electrons. The molecular formula is C5H9FO4. The molecule has 0 spiro atoms. The molecule has 0 aromatic rings. The van der Waals surface area contributed by atoms with Crippen molar-refractivity contribution < 1.29 is 24.4 Å². The van der Waals surface area contributed by atoms with E-state index in [1.54, 1.807) is 0 Å². The second-order valence-corrected chi connectivity index (χ2v) is 2.18. The maximum Gasteiger partial charge on any atom is 0.184 e. The van der Waals surface area contributed by atoms with Crippen LogP contribution in [0.5, 0.6) is 0 Å². The molecule has 1 saturated heterocycles. The monoisotopic (exact) mass is 152 g/mol. The van der Waals surface area contributed by atoms with E-state index in [1.807, 2.05) is 0 Å². The molecule has 1 unspecified atom stereocenters. The van der Waals surface area contributed by atoms with Crippen molar-refractivity contribution in [3.63, 3.8) is 0 Å². The Bertz CT molecular complexity index is 120. The van der Waals surface area contributed by atoms with E-state index >= 15 is 0 Å². The molecule has 10 heavy (non-hydrogen) atoms. The smallest absolute Gasteiger partial charge is 0.184 e. The minimum atomic E-state index is -1.69. The SMILES string of the molecule is OC[C@H]1OC(O)[C@H](O)[C@@H]1F. The topological polar surface area (TPSA) is 69.9 Å². The fraction of sp³-hybridized carbons (Fsp3) is 1.00. The summed E-state index contributed by atoms with van der Waals surface area (Å²) in [5.74, 6) is 0. The molecule has 0 aliphatic carbocycles. The Labute approximate surface area is 56.9 Å². The molecule has 1 rings (SSSR count). The molecule has 1 heterocycles. The fourth-order valence-corrected chi connectivity index (χ4v) is 0.856. The van der Waals surface area contributed by atoms with Crippen molar-refractivity contribution in [2.45, 2.75) is 24.7 Å². The summed E-state index contributed by atoms with van der Waals surface area (Å²) in [4.78, 5) is 0. The molecule has 0 aromatic heterocycles. The zero-order valence-electron chi connectivity index (χ0n) is 5.14. The van der Waals surface area contributed by atoms with Gasteiger partial charge >= 0.3 is 0 Å². The molecule has 1 aliphatic heterocycles. The van der Waals surface area contributed by atoms with Crippen molar-refractivity contribution in [2.75, 3.05) is 6.61 Å². The third-order valence-electron chi connectivity index (χ3n) is 1.47. The second-order valence-electron chi connectivity index (χ2n) is 2.18. The number of hydrogen-bond acceptors (Lipinski definition) is 4. The Morgan fingerprint density at radius 3 is 2.20 bits per heavy atom. The Hall–Kier alpha value is -0.230. The molecular weight excluding hydrogens is 143 g/mol. The highest BCUT2D eigenvalue weighted by molar-refractivity contribution is 4.85. The average molecular weight is 152 g/mol. The quantitative estimate of drug-likeness (QED) is 0.423. The van der Waals surface area contributed by atoms with Crippen LogP contribution >= 0.6 is 0 Å². The highest BCUT2D eigenvalue weighted by Gasteiger charge is 2.42. The summed E-state index contributed by atoms with van der Waals surface area (Å²) in [6, 6.07) is 0. The normalized spacial score (nSPS) is 48.0. The molecule has 1 fully saturated rings. The zero-order chi connectivity index (χ0) is 7.72. The zero-order valence-corrected chi connectivity index (χ0v) is 5.14. The molecule has 0 amide bonds. The van der Waals surface area contributed by atoms with Crippen LogP contribution in [0.3, 0.4) is 0 Å². The van der Waals surface area contributed by atoms with E-state index < -0.39 is 31.3 Å². The summed E-state index contributed by atoms with van der Waals surface area (Å²) in [5.41, 5.74) is 0. The molecule has 3 N–H and O–H groups in total. The van der Waals surface area contributed by atoms with E-state index in [4.69, 9.17) is 15.3 Å². The van der Waals surface area contributed by atoms with Gasteiger partial charge in [0.15, 0.2) is 12.5 Å². The van der Waals surface area contributed by atoms with Crippen LogP contribution in [-0.2, 0) is 4.74 Å². The van der Waals surface area contributed by atoms with Crippen LogP contribution in [0.15, 0.2) is 0 Å². The van der Waals surface area contributed by atoms with Crippen LogP contribution < -0.4 is 0 Å². The van der Waals surface area contributed by atoms with Crippen molar-refractivity contribution in [3.05, 3.63) is 0 Å². The number of halogens is 1. The number of aliphatic hydroxyl groups is 3. The van der Waals surface area contributed by atoms with E-state index in [2.05, 4.69) is 4.74 Å². The summed E-state index contributed by atoms with van der Waals surface area (Å²) in [7, 11) is 0. The maximum atomic E-state index is 12.5. The van der Waals surface area contributed by atoms with E-state index in [1.165, 1.54) is 0 Å². The van der Waals surface area contributed by atoms with Gasteiger partial charge in [0.05, 0.1) is 6.61 Å². The van der Waals surface area contributed by atoms with Gasteiger partial charge in [0.2, 0.25) is 0 Å². The summed E-state index contributed by atoms with van der Waals surface area (Å²) in [6.45, 7) is -0.532. The molecule has 1 aliphatic rings. The van der Waals surface area contributed by atoms with Gasteiger partial charge in [0.25, 0.3) is 0 Å². The number of alkyl halides is 1. The van der Waals surface area contributed by atoms with Crippen LogP contribution in [0.25, 0.3) is 0 Å². The third-order valence-corrected chi connectivity index (χ3v) is 1.47. The van der Waals surface area contributed by atoms with Crippen molar-refractivity contribution in [1.29, 1.82) is 0 Å². The first kappa shape index (κ1) is 7.87. The van der Waals surface area contributed by atoms with Gasteiger partial charge in [-0.05, 0) is 0 Å². The first-order chi connectivity index (χ1) is 4.66. The third kappa shape index (κ3) is 1.13. The summed E-state index contributed by atoms with van der Waals surface area (Å²) in [6.07, 6.45) is -5.82. The fourth-order valence-electron chi connectivity index (χ4n) is 0.856. The second kappa shape index (κ2) is 2.79. The number of rotatable bonds is 1. The Balaban J connectivity index is 2.53. The van der Waals surface area contributed by atoms with E-state index in [9.17, 15) is 4.39 Å². The molecule has 5 heteroatoms. The van der Waals surface area contributed by atoms with Crippen LogP contribution in [0.2, 0.25) is 0 Å². The van der Waals surface area contributed by atoms with Gasteiger partial charge in [-0.2, -0.15) is 0 Å². The largest absolute Gasteiger partial charge is 0.394 e. The number of hydrogen-bond donors (Lipinski definition) is 3. The van der Waals surface area contributed by atoms with Gasteiger partial charge in [0.1, 0.15) is 12.2 Å². The number of ether oxygens (including phenoxy) is 1. The molecule has 4 nitrogen and oxygen atoms in total. The Kier molecular flexibility index (Phi) is 2.20. The van der Waals surface area contributed by atoms with Crippen molar-refractivity contribution in [3.8, 4) is 0 Å². The highest BCUT2D eigenvalue weighted by atomic mass is 19.1. The van der Waals surface area contributed by atoms with Crippen LogP contribution in [0.4, 0.5) is 4.39 Å². The van der Waals surface area contributed by atoms with Gasteiger partial charge in [-0.3, -0.25) is 0 Å². The molecule has 0 saturated carbocycles. The van der Waals surface area contributed by atoms with Crippen molar-refractivity contribution >= 4 is 0 Å². The minimum absolute atomic E-state index is 0.532. The molecule has 0 bridgehead atoms. The Morgan fingerprint density at radius 1 is 1.40 bits per heavy atom. The minimum Gasteiger partial charge on any atom is -0.394 e. The van der Waals surface area contributed by atoms with E-state index in [0.717, 1.165) is 0 Å². The molecule has 60 valence electrons. The van der Waals surface area contributed by atoms with Gasteiger partial charge in [-0.15, -0.1) is 0 Å². The highest BCUT2D eigenvalue weighted by Crippen LogP contribution is 2.21. The van der Waals surface area contributed by atoms with Gasteiger partial charge in [0, 0.05) is 0 Å². The summed E-state index contributed by atoms with van der Waals surface area (Å²) in [5, 5.41) is 25.7. The van der Waals surface area contributed by atoms with Crippen molar-refractivity contribution in [1.82, 2.24) is 0 Å². The van der Waals surface area contributed by atoms with Crippen LogP contribution in [0, 0.1) is 0 Å². The van der Waals surface area contributed by atoms with Gasteiger partial charge in [-0.1, -0.05) is 0 Å². The lowest BCUT2D eigenvalue weighted by Gasteiger charge is -2.06. The van der Waals surface area contributed by atoms with Crippen LogP contribution in [-0.4, -0.2) is 46.6 Å².